The third-order valence-electron chi connectivity index (χ3n) is 3.43. The van der Waals surface area contributed by atoms with Crippen LogP contribution in [0, 0.1) is 0 Å². The van der Waals surface area contributed by atoms with Crippen molar-refractivity contribution in [3.05, 3.63) is 12.2 Å². The molecule has 0 aromatic carbocycles. The number of nitrogens with zero attached hydrogens (tertiary/aromatic N) is 2. The Morgan fingerprint density at radius 3 is 2.93 bits per heavy atom. The summed E-state index contributed by atoms with van der Waals surface area (Å²) in [7, 11) is 0. The quantitative estimate of drug-likeness (QED) is 0.522. The second-order valence-corrected chi connectivity index (χ2v) is 4.43. The van der Waals surface area contributed by atoms with Gasteiger partial charge in [-0.2, -0.15) is 0 Å². The standard InChI is InChI=1S/C12H16N2/c1-2-6-10-9(5-1)13-11-7-3-4-8-12(11)14-10/h1-2,9,12H,3-8H2. The van der Waals surface area contributed by atoms with Crippen LogP contribution in [0.25, 0.3) is 0 Å². The van der Waals surface area contributed by atoms with Gasteiger partial charge in [0.05, 0.1) is 12.1 Å². The van der Waals surface area contributed by atoms with Crippen molar-refractivity contribution < 1.29 is 0 Å². The molecule has 1 aliphatic heterocycles. The monoisotopic (exact) mass is 188 g/mol. The minimum absolute atomic E-state index is 0.407. The lowest BCUT2D eigenvalue weighted by Gasteiger charge is -2.30. The molecule has 2 heteroatoms. The highest BCUT2D eigenvalue weighted by atomic mass is 15.0. The minimum Gasteiger partial charge on any atom is -0.282 e. The normalized spacial score (nSPS) is 35.4. The maximum atomic E-state index is 4.86. The second kappa shape index (κ2) is 3.34. The Morgan fingerprint density at radius 1 is 1.00 bits per heavy atom. The molecular weight excluding hydrogens is 172 g/mol. The van der Waals surface area contributed by atoms with E-state index >= 15 is 0 Å². The molecule has 0 aromatic rings. The Balaban J connectivity index is 1.90. The Kier molecular flexibility index (Phi) is 2.00. The third-order valence-corrected chi connectivity index (χ3v) is 3.43. The molecule has 1 fully saturated rings. The first kappa shape index (κ1) is 8.39. The van der Waals surface area contributed by atoms with Gasteiger partial charge in [-0.1, -0.05) is 18.6 Å². The predicted octanol–water partition coefficient (Wildman–Crippen LogP) is 2.54. The van der Waals surface area contributed by atoms with Crippen LogP contribution in [0.1, 0.15) is 38.5 Å². The van der Waals surface area contributed by atoms with Crippen molar-refractivity contribution in [3.63, 3.8) is 0 Å². The fourth-order valence-corrected chi connectivity index (χ4v) is 2.63. The average molecular weight is 188 g/mol. The van der Waals surface area contributed by atoms with Crippen LogP contribution in [0.3, 0.4) is 0 Å². The van der Waals surface area contributed by atoms with Gasteiger partial charge in [0.25, 0.3) is 0 Å². The van der Waals surface area contributed by atoms with Gasteiger partial charge in [0.1, 0.15) is 0 Å². The van der Waals surface area contributed by atoms with Crippen LogP contribution in [0.15, 0.2) is 22.1 Å². The Bertz CT molecular complexity index is 325. The summed E-state index contributed by atoms with van der Waals surface area (Å²) in [5.74, 6) is 0. The molecule has 0 radical (unpaired) electrons. The van der Waals surface area contributed by atoms with E-state index in [1.165, 1.54) is 37.1 Å². The Morgan fingerprint density at radius 2 is 1.93 bits per heavy atom. The lowest BCUT2D eigenvalue weighted by Crippen LogP contribution is -2.35. The summed E-state index contributed by atoms with van der Waals surface area (Å²) >= 11 is 0. The molecular formula is C12H16N2. The largest absolute Gasteiger partial charge is 0.282 e. The summed E-state index contributed by atoms with van der Waals surface area (Å²) < 4.78 is 0. The topological polar surface area (TPSA) is 24.7 Å². The molecule has 74 valence electrons. The van der Waals surface area contributed by atoms with Crippen molar-refractivity contribution in [1.82, 2.24) is 0 Å². The number of fused-ring (bicyclic) bond motifs is 2. The summed E-state index contributed by atoms with van der Waals surface area (Å²) in [6.45, 7) is 0. The van der Waals surface area contributed by atoms with Gasteiger partial charge in [-0.15, -0.1) is 0 Å². The SMILES string of the molecule is C1=CCC2N=C3CCCCC3N=C2C1. The first-order valence-electron chi connectivity index (χ1n) is 5.71. The predicted molar refractivity (Wildman–Crippen MR) is 59.3 cm³/mol. The van der Waals surface area contributed by atoms with Gasteiger partial charge in [0.15, 0.2) is 0 Å². The first-order valence-corrected chi connectivity index (χ1v) is 5.71. The second-order valence-electron chi connectivity index (χ2n) is 4.43. The van der Waals surface area contributed by atoms with Crippen LogP contribution in [0.4, 0.5) is 0 Å². The molecule has 0 N–H and O–H groups in total. The summed E-state index contributed by atoms with van der Waals surface area (Å²) in [5.41, 5.74) is 2.73. The molecule has 2 atom stereocenters. The molecule has 0 bridgehead atoms. The van der Waals surface area contributed by atoms with Crippen LogP contribution in [0.2, 0.25) is 0 Å². The molecule has 14 heavy (non-hydrogen) atoms. The van der Waals surface area contributed by atoms with Gasteiger partial charge in [-0.05, 0) is 25.7 Å². The number of allylic oxidation sites excluding steroid dienone is 1. The molecule has 1 saturated carbocycles. The van der Waals surface area contributed by atoms with E-state index in [1.54, 1.807) is 0 Å². The van der Waals surface area contributed by atoms with E-state index in [0.717, 1.165) is 12.8 Å². The minimum atomic E-state index is 0.407. The maximum absolute atomic E-state index is 4.86. The van der Waals surface area contributed by atoms with Gasteiger partial charge >= 0.3 is 0 Å². The molecule has 2 unspecified atom stereocenters. The van der Waals surface area contributed by atoms with E-state index < -0.39 is 0 Å². The molecule has 3 rings (SSSR count). The zero-order valence-electron chi connectivity index (χ0n) is 8.45. The van der Waals surface area contributed by atoms with Crippen molar-refractivity contribution in [1.29, 1.82) is 0 Å². The van der Waals surface area contributed by atoms with Gasteiger partial charge < -0.3 is 0 Å². The van der Waals surface area contributed by atoms with E-state index in [1.807, 2.05) is 0 Å². The van der Waals surface area contributed by atoms with Crippen LogP contribution < -0.4 is 0 Å². The van der Waals surface area contributed by atoms with Crippen molar-refractivity contribution in [2.75, 3.05) is 0 Å². The lowest BCUT2D eigenvalue weighted by atomic mass is 9.89. The molecule has 0 amide bonds. The molecule has 0 aromatic heterocycles. The highest BCUT2D eigenvalue weighted by molar-refractivity contribution is 6.02. The number of hydrogen-bond donors (Lipinski definition) is 0. The van der Waals surface area contributed by atoms with Crippen molar-refractivity contribution in [2.45, 2.75) is 50.6 Å². The van der Waals surface area contributed by atoms with E-state index in [4.69, 9.17) is 9.98 Å². The Labute approximate surface area is 84.8 Å². The van der Waals surface area contributed by atoms with E-state index in [9.17, 15) is 0 Å². The van der Waals surface area contributed by atoms with Gasteiger partial charge in [-0.3, -0.25) is 9.98 Å². The van der Waals surface area contributed by atoms with Crippen LogP contribution in [-0.4, -0.2) is 23.5 Å². The molecule has 2 aliphatic carbocycles. The summed E-state index contributed by atoms with van der Waals surface area (Å²) in [5, 5.41) is 0. The molecule has 0 spiro atoms. The maximum Gasteiger partial charge on any atom is 0.0914 e. The Hall–Kier alpha value is -0.920. The van der Waals surface area contributed by atoms with Gasteiger partial charge in [0, 0.05) is 17.8 Å². The zero-order valence-corrected chi connectivity index (χ0v) is 8.45. The molecule has 0 saturated heterocycles. The van der Waals surface area contributed by atoms with Gasteiger partial charge in [0.2, 0.25) is 0 Å². The van der Waals surface area contributed by atoms with E-state index in [0.29, 0.717) is 12.1 Å². The molecule has 1 heterocycles. The lowest BCUT2D eigenvalue weighted by molar-refractivity contribution is 0.588. The summed E-state index contributed by atoms with van der Waals surface area (Å²) in [6.07, 6.45) is 11.7. The molecule has 2 nitrogen and oxygen atoms in total. The number of aliphatic imine (C=N–C) groups is 2. The highest BCUT2D eigenvalue weighted by Gasteiger charge is 2.28. The summed E-state index contributed by atoms with van der Waals surface area (Å²) in [4.78, 5) is 9.72. The van der Waals surface area contributed by atoms with Crippen molar-refractivity contribution in [2.24, 2.45) is 9.98 Å². The third kappa shape index (κ3) is 1.33. The average Bonchev–Trinajstić information content (AvgIpc) is 2.26. The van der Waals surface area contributed by atoms with Crippen LogP contribution in [0.5, 0.6) is 0 Å². The first-order chi connectivity index (χ1) is 6.93. The fraction of sp³-hybridized carbons (Fsp3) is 0.667. The zero-order chi connectivity index (χ0) is 9.38. The smallest absolute Gasteiger partial charge is 0.0914 e. The highest BCUT2D eigenvalue weighted by Crippen LogP contribution is 2.26. The fourth-order valence-electron chi connectivity index (χ4n) is 2.63. The number of rotatable bonds is 0. The summed E-state index contributed by atoms with van der Waals surface area (Å²) in [6, 6.07) is 0.867. The van der Waals surface area contributed by atoms with E-state index in [2.05, 4.69) is 12.2 Å². The van der Waals surface area contributed by atoms with Gasteiger partial charge in [-0.25, -0.2) is 0 Å². The molecule has 3 aliphatic rings. The van der Waals surface area contributed by atoms with Crippen LogP contribution >= 0.6 is 0 Å². The van der Waals surface area contributed by atoms with Crippen molar-refractivity contribution >= 4 is 11.4 Å². The van der Waals surface area contributed by atoms with Crippen molar-refractivity contribution in [3.8, 4) is 0 Å². The van der Waals surface area contributed by atoms with E-state index in [-0.39, 0.29) is 0 Å². The number of hydrogen-bond acceptors (Lipinski definition) is 2. The van der Waals surface area contributed by atoms with Crippen LogP contribution in [-0.2, 0) is 0 Å².